The van der Waals surface area contributed by atoms with Gasteiger partial charge in [-0.15, -0.1) is 0 Å². The molecule has 0 unspecified atom stereocenters. The number of carboxylic acid groups (broad SMARTS) is 1. The summed E-state index contributed by atoms with van der Waals surface area (Å²) in [6.07, 6.45) is 0.953. The molecule has 3 heteroatoms. The normalized spacial score (nSPS) is 11.3. The van der Waals surface area contributed by atoms with Crippen molar-refractivity contribution in [2.24, 2.45) is 0 Å². The molecule has 0 bridgehead atoms. The van der Waals surface area contributed by atoms with E-state index in [1.54, 1.807) is 0 Å². The highest BCUT2D eigenvalue weighted by Gasteiger charge is 2.12. The third-order valence-electron chi connectivity index (χ3n) is 3.44. The lowest BCUT2D eigenvalue weighted by atomic mass is 10.0. The van der Waals surface area contributed by atoms with E-state index in [9.17, 15) is 4.79 Å². The second kappa shape index (κ2) is 7.29. The molecule has 0 saturated carbocycles. The maximum absolute atomic E-state index is 10.6. The zero-order valence-electron chi connectivity index (χ0n) is 12.4. The lowest BCUT2D eigenvalue weighted by Crippen LogP contribution is -2.31. The molecule has 0 aliphatic carbocycles. The number of benzene rings is 1. The van der Waals surface area contributed by atoms with Crippen molar-refractivity contribution in [3.8, 4) is 0 Å². The van der Waals surface area contributed by atoms with Gasteiger partial charge in [-0.2, -0.15) is 0 Å². The fraction of sp³-hybridized carbons (Fsp3) is 0.562. The van der Waals surface area contributed by atoms with Crippen LogP contribution in [0.3, 0.4) is 0 Å². The van der Waals surface area contributed by atoms with Gasteiger partial charge in [0, 0.05) is 19.0 Å². The molecule has 3 nitrogen and oxygen atoms in total. The number of aryl methyl sites for hydroxylation is 2. The molecule has 0 aliphatic rings. The number of hydrogen-bond donors (Lipinski definition) is 1. The standard InChI is InChI=1S/C16H25NO2/c1-12(2)17(9-5-6-16(18)19)11-15-10-13(3)7-8-14(15)4/h7-8,10,12H,5-6,9,11H2,1-4H3,(H,18,19). The minimum absolute atomic E-state index is 0.246. The molecule has 0 amide bonds. The minimum atomic E-state index is -0.713. The molecule has 0 aromatic heterocycles. The number of rotatable bonds is 7. The summed E-state index contributed by atoms with van der Waals surface area (Å²) in [4.78, 5) is 12.9. The number of carbonyl (C=O) groups is 1. The van der Waals surface area contributed by atoms with Gasteiger partial charge >= 0.3 is 5.97 Å². The average molecular weight is 263 g/mol. The van der Waals surface area contributed by atoms with Crippen LogP contribution in [-0.4, -0.2) is 28.6 Å². The van der Waals surface area contributed by atoms with Crippen LogP contribution >= 0.6 is 0 Å². The molecule has 0 radical (unpaired) electrons. The third kappa shape index (κ3) is 5.43. The lowest BCUT2D eigenvalue weighted by Gasteiger charge is -2.27. The molecule has 1 aromatic carbocycles. The summed E-state index contributed by atoms with van der Waals surface area (Å²) < 4.78 is 0. The van der Waals surface area contributed by atoms with Crippen LogP contribution in [0, 0.1) is 13.8 Å². The zero-order valence-corrected chi connectivity index (χ0v) is 12.4. The van der Waals surface area contributed by atoms with Crippen molar-refractivity contribution in [2.45, 2.75) is 53.1 Å². The molecular weight excluding hydrogens is 238 g/mol. The average Bonchev–Trinajstić information content (AvgIpc) is 2.31. The Labute approximate surface area is 116 Å². The van der Waals surface area contributed by atoms with Gasteiger partial charge in [0.1, 0.15) is 0 Å². The summed E-state index contributed by atoms with van der Waals surface area (Å²) in [6, 6.07) is 6.93. The van der Waals surface area contributed by atoms with Gasteiger partial charge < -0.3 is 5.11 Å². The highest BCUT2D eigenvalue weighted by molar-refractivity contribution is 5.66. The van der Waals surface area contributed by atoms with E-state index in [1.165, 1.54) is 16.7 Å². The minimum Gasteiger partial charge on any atom is -0.481 e. The number of nitrogens with zero attached hydrogens (tertiary/aromatic N) is 1. The van der Waals surface area contributed by atoms with Crippen molar-refractivity contribution in [1.82, 2.24) is 4.90 Å². The maximum Gasteiger partial charge on any atom is 0.303 e. The molecule has 1 N–H and O–H groups in total. The van der Waals surface area contributed by atoms with Crippen LogP contribution in [0.5, 0.6) is 0 Å². The second-order valence-electron chi connectivity index (χ2n) is 5.49. The molecule has 0 fully saturated rings. The maximum atomic E-state index is 10.6. The lowest BCUT2D eigenvalue weighted by molar-refractivity contribution is -0.137. The van der Waals surface area contributed by atoms with Crippen molar-refractivity contribution >= 4 is 5.97 Å². The van der Waals surface area contributed by atoms with Gasteiger partial charge in [0.15, 0.2) is 0 Å². The van der Waals surface area contributed by atoms with Gasteiger partial charge in [-0.3, -0.25) is 9.69 Å². The van der Waals surface area contributed by atoms with Crippen LogP contribution in [0.25, 0.3) is 0 Å². The number of aliphatic carboxylic acids is 1. The predicted octanol–water partition coefficient (Wildman–Crippen LogP) is 3.38. The Kier molecular flexibility index (Phi) is 6.03. The van der Waals surface area contributed by atoms with Gasteiger partial charge in [-0.1, -0.05) is 23.8 Å². The fourth-order valence-corrected chi connectivity index (χ4v) is 2.14. The predicted molar refractivity (Wildman–Crippen MR) is 78.3 cm³/mol. The fourth-order valence-electron chi connectivity index (χ4n) is 2.14. The molecule has 0 aliphatic heterocycles. The molecule has 1 aromatic rings. The van der Waals surface area contributed by atoms with Crippen LogP contribution in [-0.2, 0) is 11.3 Å². The molecule has 0 saturated heterocycles. The monoisotopic (exact) mass is 263 g/mol. The zero-order chi connectivity index (χ0) is 14.4. The van der Waals surface area contributed by atoms with E-state index >= 15 is 0 Å². The molecule has 1 rings (SSSR count). The molecule has 0 atom stereocenters. The Morgan fingerprint density at radius 2 is 2.00 bits per heavy atom. The Bertz CT molecular complexity index is 427. The topological polar surface area (TPSA) is 40.5 Å². The number of hydrogen-bond acceptors (Lipinski definition) is 2. The highest BCUT2D eigenvalue weighted by atomic mass is 16.4. The summed E-state index contributed by atoms with van der Waals surface area (Å²) in [5.41, 5.74) is 3.91. The van der Waals surface area contributed by atoms with E-state index in [0.717, 1.165) is 13.1 Å². The Morgan fingerprint density at radius 1 is 1.32 bits per heavy atom. The smallest absolute Gasteiger partial charge is 0.303 e. The summed E-state index contributed by atoms with van der Waals surface area (Å²) in [6.45, 7) is 10.3. The van der Waals surface area contributed by atoms with E-state index < -0.39 is 5.97 Å². The van der Waals surface area contributed by atoms with E-state index in [1.807, 2.05) is 0 Å². The van der Waals surface area contributed by atoms with Crippen LogP contribution in [0.15, 0.2) is 18.2 Å². The van der Waals surface area contributed by atoms with Gasteiger partial charge in [0.05, 0.1) is 0 Å². The highest BCUT2D eigenvalue weighted by Crippen LogP contribution is 2.15. The molecule has 106 valence electrons. The van der Waals surface area contributed by atoms with E-state index in [4.69, 9.17) is 5.11 Å². The first-order valence-electron chi connectivity index (χ1n) is 6.92. The van der Waals surface area contributed by atoms with Crippen LogP contribution < -0.4 is 0 Å². The largest absolute Gasteiger partial charge is 0.481 e. The van der Waals surface area contributed by atoms with Crippen molar-refractivity contribution in [2.75, 3.05) is 6.54 Å². The first-order chi connectivity index (χ1) is 8.90. The first-order valence-corrected chi connectivity index (χ1v) is 6.92. The Hall–Kier alpha value is -1.35. The summed E-state index contributed by atoms with van der Waals surface area (Å²) >= 11 is 0. The van der Waals surface area contributed by atoms with E-state index in [2.05, 4.69) is 50.8 Å². The van der Waals surface area contributed by atoms with Crippen LogP contribution in [0.4, 0.5) is 0 Å². The van der Waals surface area contributed by atoms with Gasteiger partial charge in [0.25, 0.3) is 0 Å². The first kappa shape index (κ1) is 15.7. The van der Waals surface area contributed by atoms with Gasteiger partial charge in [-0.05, 0) is 51.8 Å². The SMILES string of the molecule is Cc1ccc(C)c(CN(CCCC(=O)O)C(C)C)c1. The van der Waals surface area contributed by atoms with Gasteiger partial charge in [0.2, 0.25) is 0 Å². The molecule has 0 heterocycles. The number of carboxylic acids is 1. The second-order valence-corrected chi connectivity index (χ2v) is 5.49. The van der Waals surface area contributed by atoms with Gasteiger partial charge in [-0.25, -0.2) is 0 Å². The third-order valence-corrected chi connectivity index (χ3v) is 3.44. The summed E-state index contributed by atoms with van der Waals surface area (Å²) in [5.74, 6) is -0.713. The Balaban J connectivity index is 2.67. The van der Waals surface area contributed by atoms with Crippen molar-refractivity contribution < 1.29 is 9.90 Å². The quantitative estimate of drug-likeness (QED) is 0.820. The van der Waals surface area contributed by atoms with Crippen molar-refractivity contribution in [3.63, 3.8) is 0 Å². The van der Waals surface area contributed by atoms with Crippen LogP contribution in [0.1, 0.15) is 43.4 Å². The van der Waals surface area contributed by atoms with Crippen molar-refractivity contribution in [1.29, 1.82) is 0 Å². The van der Waals surface area contributed by atoms with Crippen molar-refractivity contribution in [3.05, 3.63) is 34.9 Å². The van der Waals surface area contributed by atoms with E-state index in [-0.39, 0.29) is 6.42 Å². The summed E-state index contributed by atoms with van der Waals surface area (Å²) in [7, 11) is 0. The van der Waals surface area contributed by atoms with E-state index in [0.29, 0.717) is 12.5 Å². The molecular formula is C16H25NO2. The molecule has 0 spiro atoms. The van der Waals surface area contributed by atoms with Crippen LogP contribution in [0.2, 0.25) is 0 Å². The molecule has 19 heavy (non-hydrogen) atoms. The Morgan fingerprint density at radius 3 is 2.58 bits per heavy atom. The summed E-state index contributed by atoms with van der Waals surface area (Å²) in [5, 5.41) is 8.72.